The second kappa shape index (κ2) is 22.4. The highest BCUT2D eigenvalue weighted by Gasteiger charge is 2.04. The molecule has 4 heteroatoms. The lowest BCUT2D eigenvalue weighted by molar-refractivity contribution is -0.137. The van der Waals surface area contributed by atoms with Gasteiger partial charge in [0, 0.05) is 19.6 Å². The van der Waals surface area contributed by atoms with Crippen molar-refractivity contribution >= 4 is 5.97 Å². The highest BCUT2D eigenvalue weighted by Crippen LogP contribution is 2.12. The van der Waals surface area contributed by atoms with Gasteiger partial charge in [-0.3, -0.25) is 4.79 Å². The van der Waals surface area contributed by atoms with E-state index in [1.165, 1.54) is 57.8 Å². The first kappa shape index (κ1) is 25.6. The highest BCUT2D eigenvalue weighted by atomic mass is 16.5. The number of unbranched alkanes of at least 4 members (excludes halogenated alkanes) is 7. The number of rotatable bonds is 16. The van der Waals surface area contributed by atoms with Gasteiger partial charge in [0.05, 0.1) is 6.61 Å². The lowest BCUT2D eigenvalue weighted by Gasteiger charge is -2.13. The van der Waals surface area contributed by atoms with E-state index in [9.17, 15) is 4.79 Å². The zero-order chi connectivity index (χ0) is 18.5. The second-order valence-corrected chi connectivity index (χ2v) is 6.55. The van der Waals surface area contributed by atoms with Crippen LogP contribution in [0.3, 0.4) is 0 Å². The second-order valence-electron chi connectivity index (χ2n) is 6.55. The third-order valence-electron chi connectivity index (χ3n) is 4.15. The van der Waals surface area contributed by atoms with Crippen molar-refractivity contribution in [3.8, 4) is 0 Å². The molecule has 24 heavy (non-hydrogen) atoms. The fourth-order valence-electron chi connectivity index (χ4n) is 2.46. The van der Waals surface area contributed by atoms with Crippen molar-refractivity contribution in [2.75, 3.05) is 19.8 Å². The van der Waals surface area contributed by atoms with Crippen molar-refractivity contribution in [3.05, 3.63) is 0 Å². The van der Waals surface area contributed by atoms with Crippen LogP contribution in [0.2, 0.25) is 0 Å². The molecule has 0 aliphatic carbocycles. The molecule has 0 aliphatic rings. The van der Waals surface area contributed by atoms with Gasteiger partial charge in [0.25, 0.3) is 0 Å². The predicted molar refractivity (Wildman–Crippen MR) is 103 cm³/mol. The van der Waals surface area contributed by atoms with Crippen molar-refractivity contribution in [2.24, 2.45) is 11.7 Å². The summed E-state index contributed by atoms with van der Waals surface area (Å²) in [6.07, 6.45) is 13.8. The summed E-state index contributed by atoms with van der Waals surface area (Å²) in [4.78, 5) is 10.1. The van der Waals surface area contributed by atoms with Crippen molar-refractivity contribution in [3.63, 3.8) is 0 Å². The highest BCUT2D eigenvalue weighted by molar-refractivity contribution is 5.66. The average molecular weight is 346 g/mol. The Kier molecular flexibility index (Phi) is 23.9. The van der Waals surface area contributed by atoms with Crippen LogP contribution in [0.5, 0.6) is 0 Å². The van der Waals surface area contributed by atoms with Crippen molar-refractivity contribution in [2.45, 2.75) is 97.8 Å². The summed E-state index contributed by atoms with van der Waals surface area (Å²) in [6.45, 7) is 8.91. The van der Waals surface area contributed by atoms with Crippen molar-refractivity contribution in [1.29, 1.82) is 0 Å². The molecule has 0 saturated heterocycles. The molecule has 0 aromatic heterocycles. The third-order valence-corrected chi connectivity index (χ3v) is 4.15. The average Bonchev–Trinajstić information content (AvgIpc) is 2.57. The van der Waals surface area contributed by atoms with E-state index < -0.39 is 5.97 Å². The third kappa shape index (κ3) is 23.7. The maximum absolute atomic E-state index is 10.1. The lowest BCUT2D eigenvalue weighted by Crippen LogP contribution is -2.14. The van der Waals surface area contributed by atoms with Crippen LogP contribution in [0.25, 0.3) is 0 Å². The molecule has 1 unspecified atom stereocenters. The molecule has 0 aromatic rings. The van der Waals surface area contributed by atoms with Gasteiger partial charge in [0.1, 0.15) is 0 Å². The van der Waals surface area contributed by atoms with Crippen LogP contribution >= 0.6 is 0 Å². The van der Waals surface area contributed by atoms with E-state index in [2.05, 4.69) is 20.8 Å². The van der Waals surface area contributed by atoms with E-state index in [1.54, 1.807) is 0 Å². The quantitative estimate of drug-likeness (QED) is 0.368. The first-order chi connectivity index (χ1) is 11.6. The summed E-state index contributed by atoms with van der Waals surface area (Å²) in [5.74, 6) is 0.0834. The summed E-state index contributed by atoms with van der Waals surface area (Å²) in [7, 11) is 0. The van der Waals surface area contributed by atoms with Gasteiger partial charge < -0.3 is 15.6 Å². The van der Waals surface area contributed by atoms with Gasteiger partial charge in [0.15, 0.2) is 0 Å². The smallest absolute Gasteiger partial charge is 0.303 e. The minimum absolute atomic E-state index is 0.341. The molecule has 4 nitrogen and oxygen atoms in total. The maximum atomic E-state index is 10.1. The van der Waals surface area contributed by atoms with E-state index in [1.807, 2.05) is 0 Å². The molecule has 0 radical (unpaired) electrons. The van der Waals surface area contributed by atoms with E-state index >= 15 is 0 Å². The van der Waals surface area contributed by atoms with Gasteiger partial charge in [0.2, 0.25) is 0 Å². The minimum atomic E-state index is -0.663. The number of hydrogen-bond acceptors (Lipinski definition) is 3. The van der Waals surface area contributed by atoms with Crippen LogP contribution in [0.15, 0.2) is 0 Å². The van der Waals surface area contributed by atoms with Crippen LogP contribution in [0, 0.1) is 5.92 Å². The number of nitrogens with two attached hydrogens (primary N) is 1. The molecule has 0 spiro atoms. The molecule has 0 fully saturated rings. The summed E-state index contributed by atoms with van der Waals surface area (Å²) in [5.41, 5.74) is 5.33. The van der Waals surface area contributed by atoms with Gasteiger partial charge in [-0.15, -0.1) is 0 Å². The number of carboxylic acid groups (broad SMARTS) is 1. The number of carbonyl (C=O) groups is 1. The van der Waals surface area contributed by atoms with Gasteiger partial charge >= 0.3 is 5.97 Å². The lowest BCUT2D eigenvalue weighted by atomic mass is 10.0. The largest absolute Gasteiger partial charge is 0.481 e. The van der Waals surface area contributed by atoms with Crippen molar-refractivity contribution < 1.29 is 14.6 Å². The van der Waals surface area contributed by atoms with Crippen LogP contribution in [0.4, 0.5) is 0 Å². The SMILES string of the molecule is CCCCC(CC)COCCN.CCCCCCCCCC(=O)O. The van der Waals surface area contributed by atoms with Gasteiger partial charge in [-0.1, -0.05) is 78.6 Å². The fraction of sp³-hybridized carbons (Fsp3) is 0.950. The Morgan fingerprint density at radius 1 is 0.958 bits per heavy atom. The summed E-state index contributed by atoms with van der Waals surface area (Å²) in [5, 5.41) is 8.35. The number of hydrogen-bond donors (Lipinski definition) is 2. The fourth-order valence-corrected chi connectivity index (χ4v) is 2.46. The van der Waals surface area contributed by atoms with Gasteiger partial charge in [-0.25, -0.2) is 0 Å². The first-order valence-electron chi connectivity index (χ1n) is 10.1. The van der Waals surface area contributed by atoms with Gasteiger partial charge in [-0.05, 0) is 18.8 Å². The molecule has 0 aliphatic heterocycles. The number of aliphatic carboxylic acids is 1. The molecule has 0 amide bonds. The van der Waals surface area contributed by atoms with E-state index in [4.69, 9.17) is 15.6 Å². The Hall–Kier alpha value is -0.610. The molecule has 0 aromatic carbocycles. The van der Waals surface area contributed by atoms with Crippen molar-refractivity contribution in [1.82, 2.24) is 0 Å². The van der Waals surface area contributed by atoms with Crippen LogP contribution < -0.4 is 5.73 Å². The number of carboxylic acids is 1. The molecule has 0 heterocycles. The summed E-state index contributed by atoms with van der Waals surface area (Å²) < 4.78 is 5.41. The Labute approximate surface area is 150 Å². The monoisotopic (exact) mass is 345 g/mol. The molecule has 0 bridgehead atoms. The van der Waals surface area contributed by atoms with E-state index in [0.29, 0.717) is 19.6 Å². The van der Waals surface area contributed by atoms with E-state index in [-0.39, 0.29) is 0 Å². The molecule has 0 saturated carbocycles. The molecular formula is C20H43NO3. The molecule has 146 valence electrons. The standard InChI is InChI=1S/C10H23NO.C10H20O2/c1-3-5-6-10(4-2)9-12-8-7-11;1-2-3-4-5-6-7-8-9-10(11)12/h10H,3-9,11H2,1-2H3;2-9H2,1H3,(H,11,12). The van der Waals surface area contributed by atoms with Crippen LogP contribution in [0.1, 0.15) is 97.8 Å². The molecular weight excluding hydrogens is 302 g/mol. The minimum Gasteiger partial charge on any atom is -0.481 e. The Morgan fingerprint density at radius 2 is 1.54 bits per heavy atom. The molecule has 0 rings (SSSR count). The summed E-state index contributed by atoms with van der Waals surface area (Å²) >= 11 is 0. The van der Waals surface area contributed by atoms with Gasteiger partial charge in [-0.2, -0.15) is 0 Å². The Balaban J connectivity index is 0. The van der Waals surface area contributed by atoms with Crippen LogP contribution in [-0.4, -0.2) is 30.8 Å². The zero-order valence-electron chi connectivity index (χ0n) is 16.5. The number of ether oxygens (including phenoxy) is 1. The first-order valence-corrected chi connectivity index (χ1v) is 10.1. The van der Waals surface area contributed by atoms with E-state index in [0.717, 1.165) is 25.4 Å². The predicted octanol–water partition coefficient (Wildman–Crippen LogP) is 5.39. The van der Waals surface area contributed by atoms with Crippen LogP contribution in [-0.2, 0) is 9.53 Å². The zero-order valence-corrected chi connectivity index (χ0v) is 16.5. The Morgan fingerprint density at radius 3 is 2.04 bits per heavy atom. The molecule has 1 atom stereocenters. The Bertz CT molecular complexity index is 247. The normalized spacial score (nSPS) is 11.7. The molecule has 3 N–H and O–H groups in total. The maximum Gasteiger partial charge on any atom is 0.303 e. The summed E-state index contributed by atoms with van der Waals surface area (Å²) in [6, 6.07) is 0. The topological polar surface area (TPSA) is 72.5 Å².